The molecule has 2 N–H and O–H groups in total. The topological polar surface area (TPSA) is 54.0 Å². The number of pyridine rings is 1. The molecule has 1 saturated heterocycles. The van der Waals surface area contributed by atoms with Crippen LogP contribution in [0, 0.1) is 0 Å². The molecule has 108 valence electrons. The minimum absolute atomic E-state index is 0. The molecule has 1 amide bonds. The molecular formula is C13H21Cl2N3O. The highest BCUT2D eigenvalue weighted by Crippen LogP contribution is 2.11. The summed E-state index contributed by atoms with van der Waals surface area (Å²) in [6.07, 6.45) is 4.59. The lowest BCUT2D eigenvalue weighted by atomic mass is 10.1. The number of carbonyl (C=O) groups excluding carboxylic acids is 1. The van der Waals surface area contributed by atoms with Crippen LogP contribution in [0.25, 0.3) is 0 Å². The number of aromatic nitrogens is 1. The molecule has 4 nitrogen and oxygen atoms in total. The molecule has 2 heterocycles. The van der Waals surface area contributed by atoms with Crippen molar-refractivity contribution in [3.8, 4) is 0 Å². The molecule has 1 aromatic heterocycles. The summed E-state index contributed by atoms with van der Waals surface area (Å²) in [6.45, 7) is 3.00. The van der Waals surface area contributed by atoms with E-state index in [1.165, 1.54) is 6.42 Å². The second-order valence-corrected chi connectivity index (χ2v) is 4.54. The van der Waals surface area contributed by atoms with E-state index in [0.29, 0.717) is 12.5 Å². The molecule has 0 spiro atoms. The maximum Gasteiger partial charge on any atom is 0.222 e. The first-order chi connectivity index (χ1) is 8.25. The zero-order chi connectivity index (χ0) is 12.1. The lowest BCUT2D eigenvalue weighted by molar-refractivity contribution is -0.122. The second kappa shape index (κ2) is 9.13. The van der Waals surface area contributed by atoms with Gasteiger partial charge in [0.15, 0.2) is 0 Å². The molecule has 1 aliphatic rings. The van der Waals surface area contributed by atoms with Gasteiger partial charge >= 0.3 is 0 Å². The number of halogens is 2. The van der Waals surface area contributed by atoms with Gasteiger partial charge in [0.25, 0.3) is 0 Å². The third-order valence-electron chi connectivity index (χ3n) is 3.10. The van der Waals surface area contributed by atoms with Crippen molar-refractivity contribution in [3.63, 3.8) is 0 Å². The molecule has 1 aliphatic heterocycles. The fraction of sp³-hybridized carbons (Fsp3) is 0.538. The molecule has 19 heavy (non-hydrogen) atoms. The normalized spacial score (nSPS) is 18.9. The summed E-state index contributed by atoms with van der Waals surface area (Å²) in [5, 5.41) is 6.31. The van der Waals surface area contributed by atoms with Gasteiger partial charge in [0.2, 0.25) is 5.91 Å². The number of nitrogens with zero attached hydrogens (tertiary/aromatic N) is 1. The maximum atomic E-state index is 11.8. The van der Waals surface area contributed by atoms with Crippen molar-refractivity contribution < 1.29 is 4.79 Å². The van der Waals surface area contributed by atoms with E-state index in [1.807, 2.05) is 25.1 Å². The van der Waals surface area contributed by atoms with Gasteiger partial charge in [-0.3, -0.25) is 9.78 Å². The highest BCUT2D eigenvalue weighted by Gasteiger charge is 2.19. The predicted molar refractivity (Wildman–Crippen MR) is 80.9 cm³/mol. The van der Waals surface area contributed by atoms with Crippen molar-refractivity contribution in [2.24, 2.45) is 0 Å². The lowest BCUT2D eigenvalue weighted by Gasteiger charge is -2.15. The Morgan fingerprint density at radius 3 is 2.89 bits per heavy atom. The van der Waals surface area contributed by atoms with E-state index in [-0.39, 0.29) is 36.8 Å². The second-order valence-electron chi connectivity index (χ2n) is 4.54. The number of nitrogens with one attached hydrogen (secondary N) is 2. The Balaban J connectivity index is 0.00000162. The largest absolute Gasteiger partial charge is 0.348 e. The Labute approximate surface area is 126 Å². The number of carbonyl (C=O) groups is 1. The Bertz CT molecular complexity index is 369. The van der Waals surface area contributed by atoms with Crippen molar-refractivity contribution in [2.45, 2.75) is 38.3 Å². The third-order valence-corrected chi connectivity index (χ3v) is 3.10. The van der Waals surface area contributed by atoms with Gasteiger partial charge in [-0.15, -0.1) is 24.8 Å². The van der Waals surface area contributed by atoms with Gasteiger partial charge < -0.3 is 10.6 Å². The van der Waals surface area contributed by atoms with E-state index >= 15 is 0 Å². The van der Waals surface area contributed by atoms with Crippen molar-refractivity contribution >= 4 is 30.7 Å². The van der Waals surface area contributed by atoms with Crippen LogP contribution in [-0.2, 0) is 4.79 Å². The predicted octanol–water partition coefficient (Wildman–Crippen LogP) is 2.24. The Morgan fingerprint density at radius 1 is 1.53 bits per heavy atom. The highest BCUT2D eigenvalue weighted by atomic mass is 35.5. The highest BCUT2D eigenvalue weighted by molar-refractivity contribution is 5.85. The number of rotatable bonds is 4. The summed E-state index contributed by atoms with van der Waals surface area (Å²) < 4.78 is 0. The SMILES string of the molecule is CC(NC(=O)CC1CCCN1)c1ccccn1.Cl.Cl. The molecule has 0 saturated carbocycles. The van der Waals surface area contributed by atoms with E-state index in [9.17, 15) is 4.79 Å². The van der Waals surface area contributed by atoms with Gasteiger partial charge in [0.05, 0.1) is 11.7 Å². The smallest absolute Gasteiger partial charge is 0.222 e. The zero-order valence-corrected chi connectivity index (χ0v) is 12.6. The minimum atomic E-state index is -0.0231. The average molecular weight is 306 g/mol. The molecule has 2 unspecified atom stereocenters. The van der Waals surface area contributed by atoms with Crippen LogP contribution in [0.1, 0.15) is 37.9 Å². The van der Waals surface area contributed by atoms with Gasteiger partial charge in [0.1, 0.15) is 0 Å². The maximum absolute atomic E-state index is 11.8. The Morgan fingerprint density at radius 2 is 2.32 bits per heavy atom. The molecule has 1 fully saturated rings. The molecule has 0 bridgehead atoms. The number of hydrogen-bond donors (Lipinski definition) is 2. The van der Waals surface area contributed by atoms with Gasteiger partial charge in [-0.2, -0.15) is 0 Å². The third kappa shape index (κ3) is 5.76. The van der Waals surface area contributed by atoms with Crippen LogP contribution in [0.5, 0.6) is 0 Å². The first kappa shape index (κ1) is 18.2. The lowest BCUT2D eigenvalue weighted by Crippen LogP contribution is -2.33. The van der Waals surface area contributed by atoms with E-state index in [2.05, 4.69) is 15.6 Å². The van der Waals surface area contributed by atoms with Gasteiger partial charge in [-0.1, -0.05) is 6.07 Å². The fourth-order valence-electron chi connectivity index (χ4n) is 2.16. The van der Waals surface area contributed by atoms with E-state index in [1.54, 1.807) is 6.20 Å². The summed E-state index contributed by atoms with van der Waals surface area (Å²) in [5.41, 5.74) is 0.903. The van der Waals surface area contributed by atoms with E-state index < -0.39 is 0 Å². The molecule has 6 heteroatoms. The summed E-state index contributed by atoms with van der Waals surface area (Å²) in [6, 6.07) is 6.07. The Kier molecular flexibility index (Phi) is 8.72. The first-order valence-corrected chi connectivity index (χ1v) is 6.19. The first-order valence-electron chi connectivity index (χ1n) is 6.19. The molecule has 1 aromatic rings. The number of amides is 1. The van der Waals surface area contributed by atoms with Crippen LogP contribution in [-0.4, -0.2) is 23.5 Å². The average Bonchev–Trinajstić information content (AvgIpc) is 2.82. The summed E-state index contributed by atoms with van der Waals surface area (Å²) in [5.74, 6) is 0.0996. The van der Waals surface area contributed by atoms with Crippen LogP contribution in [0.2, 0.25) is 0 Å². The summed E-state index contributed by atoms with van der Waals surface area (Å²) in [4.78, 5) is 16.0. The fourth-order valence-corrected chi connectivity index (χ4v) is 2.16. The Hall–Kier alpha value is -0.840. The molecule has 2 rings (SSSR count). The van der Waals surface area contributed by atoms with Crippen LogP contribution >= 0.6 is 24.8 Å². The standard InChI is InChI=1S/C13H19N3O.2ClH/c1-10(12-6-2-3-7-15-12)16-13(17)9-11-5-4-8-14-11;;/h2-3,6-7,10-11,14H,4-5,8-9H2,1H3,(H,16,17);2*1H. The van der Waals surface area contributed by atoms with Crippen LogP contribution < -0.4 is 10.6 Å². The van der Waals surface area contributed by atoms with E-state index in [0.717, 1.165) is 18.7 Å². The molecule has 0 aromatic carbocycles. The summed E-state index contributed by atoms with van der Waals surface area (Å²) in [7, 11) is 0. The van der Waals surface area contributed by atoms with Crippen molar-refractivity contribution in [2.75, 3.05) is 6.54 Å². The molecular weight excluding hydrogens is 285 g/mol. The van der Waals surface area contributed by atoms with Crippen LogP contribution in [0.4, 0.5) is 0 Å². The van der Waals surface area contributed by atoms with Crippen molar-refractivity contribution in [3.05, 3.63) is 30.1 Å². The van der Waals surface area contributed by atoms with Crippen molar-refractivity contribution in [1.82, 2.24) is 15.6 Å². The minimum Gasteiger partial charge on any atom is -0.348 e. The monoisotopic (exact) mass is 305 g/mol. The van der Waals surface area contributed by atoms with Crippen LogP contribution in [0.15, 0.2) is 24.4 Å². The quantitative estimate of drug-likeness (QED) is 0.897. The van der Waals surface area contributed by atoms with Gasteiger partial charge in [-0.25, -0.2) is 0 Å². The summed E-state index contributed by atoms with van der Waals surface area (Å²) >= 11 is 0. The van der Waals surface area contributed by atoms with Gasteiger partial charge in [-0.05, 0) is 38.4 Å². The molecule has 0 aliphatic carbocycles. The van der Waals surface area contributed by atoms with Crippen LogP contribution in [0.3, 0.4) is 0 Å². The van der Waals surface area contributed by atoms with Gasteiger partial charge in [0, 0.05) is 18.7 Å². The molecule has 0 radical (unpaired) electrons. The van der Waals surface area contributed by atoms with Crippen molar-refractivity contribution in [1.29, 1.82) is 0 Å². The molecule has 2 atom stereocenters. The zero-order valence-electron chi connectivity index (χ0n) is 11.0. The number of hydrogen-bond acceptors (Lipinski definition) is 3. The van der Waals surface area contributed by atoms with E-state index in [4.69, 9.17) is 0 Å².